The highest BCUT2D eigenvalue weighted by Crippen LogP contribution is 2.20. The SMILES string of the molecule is CCc1nc(CC(=O)Nc2ccccc2F)sc1C(=O)O. The van der Waals surface area contributed by atoms with E-state index in [1.54, 1.807) is 13.0 Å². The minimum Gasteiger partial charge on any atom is -0.477 e. The molecule has 1 amide bonds. The third kappa shape index (κ3) is 3.63. The topological polar surface area (TPSA) is 79.3 Å². The van der Waals surface area contributed by atoms with Gasteiger partial charge in [0.05, 0.1) is 17.8 Å². The number of carbonyl (C=O) groups is 2. The van der Waals surface area contributed by atoms with Gasteiger partial charge in [0.1, 0.15) is 15.7 Å². The molecule has 0 atom stereocenters. The molecule has 2 aromatic rings. The first-order chi connectivity index (χ1) is 10.0. The smallest absolute Gasteiger partial charge is 0.347 e. The van der Waals surface area contributed by atoms with E-state index in [2.05, 4.69) is 10.3 Å². The lowest BCUT2D eigenvalue weighted by molar-refractivity contribution is -0.115. The average molecular weight is 308 g/mol. The molecule has 1 aromatic carbocycles. The van der Waals surface area contributed by atoms with Crippen molar-refractivity contribution in [2.75, 3.05) is 5.32 Å². The van der Waals surface area contributed by atoms with E-state index in [-0.39, 0.29) is 17.0 Å². The number of carbonyl (C=O) groups excluding carboxylic acids is 1. The minimum absolute atomic E-state index is 0.0840. The number of para-hydroxylation sites is 1. The number of nitrogens with zero attached hydrogens (tertiary/aromatic N) is 1. The first-order valence-electron chi connectivity index (χ1n) is 6.27. The number of amides is 1. The van der Waals surface area contributed by atoms with Crippen LogP contribution in [0.1, 0.15) is 27.3 Å². The molecule has 2 N–H and O–H groups in total. The normalized spacial score (nSPS) is 10.4. The number of rotatable bonds is 5. The highest BCUT2D eigenvalue weighted by atomic mass is 32.1. The number of carboxylic acids is 1. The second-order valence-electron chi connectivity index (χ2n) is 4.25. The number of benzene rings is 1. The Bertz CT molecular complexity index is 685. The Morgan fingerprint density at radius 3 is 2.67 bits per heavy atom. The van der Waals surface area contributed by atoms with Gasteiger partial charge in [0, 0.05) is 0 Å². The van der Waals surface area contributed by atoms with Crippen molar-refractivity contribution in [1.82, 2.24) is 4.98 Å². The molecule has 0 fully saturated rings. The standard InChI is InChI=1S/C14H13FN2O3S/c1-2-9-13(14(19)20)21-12(17-9)7-11(18)16-10-6-4-3-5-8(10)15/h3-6H,2,7H2,1H3,(H,16,18)(H,19,20). The van der Waals surface area contributed by atoms with Crippen LogP contribution in [0.4, 0.5) is 10.1 Å². The molecule has 1 heterocycles. The van der Waals surface area contributed by atoms with Crippen molar-refractivity contribution >= 4 is 28.9 Å². The van der Waals surface area contributed by atoms with E-state index in [0.717, 1.165) is 11.3 Å². The summed E-state index contributed by atoms with van der Waals surface area (Å²) < 4.78 is 13.4. The lowest BCUT2D eigenvalue weighted by Crippen LogP contribution is -2.15. The molecule has 110 valence electrons. The molecule has 0 aliphatic heterocycles. The molecule has 2 rings (SSSR count). The highest BCUT2D eigenvalue weighted by Gasteiger charge is 2.18. The average Bonchev–Trinajstić information content (AvgIpc) is 2.84. The lowest BCUT2D eigenvalue weighted by atomic mass is 10.3. The molecule has 0 unspecified atom stereocenters. The Morgan fingerprint density at radius 2 is 2.10 bits per heavy atom. The molecular formula is C14H13FN2O3S. The molecule has 7 heteroatoms. The molecular weight excluding hydrogens is 295 g/mol. The van der Waals surface area contributed by atoms with Crippen molar-refractivity contribution in [3.63, 3.8) is 0 Å². The van der Waals surface area contributed by atoms with Gasteiger partial charge in [0.2, 0.25) is 5.91 Å². The maximum absolute atomic E-state index is 13.4. The van der Waals surface area contributed by atoms with Crippen LogP contribution in [0.15, 0.2) is 24.3 Å². The van der Waals surface area contributed by atoms with Gasteiger partial charge in [0.15, 0.2) is 0 Å². The first-order valence-corrected chi connectivity index (χ1v) is 7.09. The Balaban J connectivity index is 2.10. The van der Waals surface area contributed by atoms with Crippen LogP contribution in [0, 0.1) is 5.82 Å². The Hall–Kier alpha value is -2.28. The molecule has 0 aliphatic carbocycles. The van der Waals surface area contributed by atoms with Crippen molar-refractivity contribution in [1.29, 1.82) is 0 Å². The van der Waals surface area contributed by atoms with Crippen molar-refractivity contribution < 1.29 is 19.1 Å². The van der Waals surface area contributed by atoms with Crippen LogP contribution in [-0.2, 0) is 17.6 Å². The molecule has 0 saturated heterocycles. The number of hydrogen-bond donors (Lipinski definition) is 2. The highest BCUT2D eigenvalue weighted by molar-refractivity contribution is 7.13. The van der Waals surface area contributed by atoms with Crippen LogP contribution in [0.2, 0.25) is 0 Å². The summed E-state index contributed by atoms with van der Waals surface area (Å²) in [5.41, 5.74) is 0.550. The molecule has 0 saturated carbocycles. The van der Waals surface area contributed by atoms with Crippen LogP contribution in [0.3, 0.4) is 0 Å². The Labute approximate surface area is 124 Å². The first kappa shape index (κ1) is 15.1. The van der Waals surface area contributed by atoms with E-state index in [0.29, 0.717) is 17.1 Å². The summed E-state index contributed by atoms with van der Waals surface area (Å²) in [5, 5.41) is 11.9. The van der Waals surface area contributed by atoms with E-state index in [9.17, 15) is 14.0 Å². The fourth-order valence-electron chi connectivity index (χ4n) is 1.78. The van der Waals surface area contributed by atoms with Crippen molar-refractivity contribution in [2.45, 2.75) is 19.8 Å². The summed E-state index contributed by atoms with van der Waals surface area (Å²) >= 11 is 0.970. The fraction of sp³-hybridized carbons (Fsp3) is 0.214. The van der Waals surface area contributed by atoms with Crippen molar-refractivity contribution in [2.24, 2.45) is 0 Å². The van der Waals surface area contributed by atoms with Crippen LogP contribution in [0.5, 0.6) is 0 Å². The second kappa shape index (κ2) is 6.45. The van der Waals surface area contributed by atoms with Gasteiger partial charge in [-0.2, -0.15) is 0 Å². The predicted octanol–water partition coefficient (Wildman–Crippen LogP) is 2.72. The van der Waals surface area contributed by atoms with Gasteiger partial charge >= 0.3 is 5.97 Å². The maximum Gasteiger partial charge on any atom is 0.347 e. The van der Waals surface area contributed by atoms with E-state index >= 15 is 0 Å². The van der Waals surface area contributed by atoms with Crippen LogP contribution < -0.4 is 5.32 Å². The number of carboxylic acid groups (broad SMARTS) is 1. The molecule has 0 bridgehead atoms. The number of hydrogen-bond acceptors (Lipinski definition) is 4. The zero-order chi connectivity index (χ0) is 15.4. The molecule has 1 aromatic heterocycles. The Morgan fingerprint density at radius 1 is 1.38 bits per heavy atom. The lowest BCUT2D eigenvalue weighted by Gasteiger charge is -2.04. The van der Waals surface area contributed by atoms with Crippen LogP contribution >= 0.6 is 11.3 Å². The summed E-state index contributed by atoms with van der Waals surface area (Å²) in [7, 11) is 0. The van der Waals surface area contributed by atoms with E-state index in [1.165, 1.54) is 18.2 Å². The third-order valence-electron chi connectivity index (χ3n) is 2.73. The maximum atomic E-state index is 13.4. The quantitative estimate of drug-likeness (QED) is 0.890. The van der Waals surface area contributed by atoms with Gasteiger partial charge in [-0.1, -0.05) is 19.1 Å². The second-order valence-corrected chi connectivity index (χ2v) is 5.33. The number of halogens is 1. The largest absolute Gasteiger partial charge is 0.477 e. The summed E-state index contributed by atoms with van der Waals surface area (Å²) in [5.74, 6) is -2.01. The van der Waals surface area contributed by atoms with Gasteiger partial charge < -0.3 is 10.4 Å². The number of anilines is 1. The number of thiazole rings is 1. The van der Waals surface area contributed by atoms with Gasteiger partial charge in [-0.25, -0.2) is 14.2 Å². The summed E-state index contributed by atoms with van der Waals surface area (Å²) in [4.78, 5) is 27.2. The Kier molecular flexibility index (Phi) is 4.64. The van der Waals surface area contributed by atoms with Gasteiger partial charge in [-0.05, 0) is 18.6 Å². The third-order valence-corrected chi connectivity index (χ3v) is 3.82. The van der Waals surface area contributed by atoms with Crippen molar-refractivity contribution in [3.8, 4) is 0 Å². The van der Waals surface area contributed by atoms with Crippen LogP contribution in [-0.4, -0.2) is 22.0 Å². The van der Waals surface area contributed by atoms with E-state index in [4.69, 9.17) is 5.11 Å². The number of aryl methyl sites for hydroxylation is 1. The van der Waals surface area contributed by atoms with Gasteiger partial charge in [-0.3, -0.25) is 4.79 Å². The van der Waals surface area contributed by atoms with Gasteiger partial charge in [0.25, 0.3) is 0 Å². The summed E-state index contributed by atoms with van der Waals surface area (Å²) in [6.45, 7) is 1.80. The number of aromatic nitrogens is 1. The number of nitrogens with one attached hydrogen (secondary N) is 1. The molecule has 0 aliphatic rings. The van der Waals surface area contributed by atoms with Gasteiger partial charge in [-0.15, -0.1) is 11.3 Å². The summed E-state index contributed by atoms with van der Waals surface area (Å²) in [6, 6.07) is 5.84. The van der Waals surface area contributed by atoms with E-state index < -0.39 is 17.7 Å². The fourth-order valence-corrected chi connectivity index (χ4v) is 2.77. The molecule has 21 heavy (non-hydrogen) atoms. The summed E-state index contributed by atoms with van der Waals surface area (Å²) in [6.07, 6.45) is 0.395. The monoisotopic (exact) mass is 308 g/mol. The molecule has 0 spiro atoms. The van der Waals surface area contributed by atoms with Crippen LogP contribution in [0.25, 0.3) is 0 Å². The zero-order valence-electron chi connectivity index (χ0n) is 11.2. The number of aromatic carboxylic acids is 1. The zero-order valence-corrected chi connectivity index (χ0v) is 12.0. The predicted molar refractivity (Wildman–Crippen MR) is 77.2 cm³/mol. The van der Waals surface area contributed by atoms with Crippen molar-refractivity contribution in [3.05, 3.63) is 45.7 Å². The molecule has 0 radical (unpaired) electrons. The minimum atomic E-state index is -1.05. The van der Waals surface area contributed by atoms with E-state index in [1.807, 2.05) is 0 Å². The molecule has 5 nitrogen and oxygen atoms in total.